The smallest absolute Gasteiger partial charge is 0.322 e. The number of benzene rings is 1. The van der Waals surface area contributed by atoms with Crippen LogP contribution in [0.15, 0.2) is 29.2 Å². The fourth-order valence-corrected chi connectivity index (χ4v) is 4.48. The van der Waals surface area contributed by atoms with Gasteiger partial charge in [-0.25, -0.2) is 21.6 Å². The second kappa shape index (κ2) is 7.88. The minimum Gasteiger partial charge on any atom is -0.508 e. The van der Waals surface area contributed by atoms with E-state index in [2.05, 4.69) is 4.72 Å². The van der Waals surface area contributed by atoms with Gasteiger partial charge in [-0.3, -0.25) is 9.69 Å². The highest BCUT2D eigenvalue weighted by molar-refractivity contribution is 7.89. The Labute approximate surface area is 152 Å². The van der Waals surface area contributed by atoms with Crippen molar-refractivity contribution in [2.45, 2.75) is 10.9 Å². The van der Waals surface area contributed by atoms with E-state index in [1.807, 2.05) is 0 Å². The van der Waals surface area contributed by atoms with E-state index in [9.17, 15) is 31.8 Å². The van der Waals surface area contributed by atoms with Gasteiger partial charge in [-0.15, -0.1) is 0 Å². The fourth-order valence-electron chi connectivity index (χ4n) is 2.62. The number of phenolic OH excluding ortho intramolecular Hbond substituents is 1. The number of nitrogens with one attached hydrogen (secondary N) is 1. The number of piperazine rings is 1. The van der Waals surface area contributed by atoms with Crippen molar-refractivity contribution in [3.63, 3.8) is 0 Å². The van der Waals surface area contributed by atoms with E-state index >= 15 is 0 Å². The Morgan fingerprint density at radius 2 is 1.65 bits per heavy atom. The number of carbonyl (C=O) groups is 1. The molecule has 12 heteroatoms. The number of sulfonamides is 2. The largest absolute Gasteiger partial charge is 0.508 e. The van der Waals surface area contributed by atoms with Crippen molar-refractivity contribution in [2.24, 2.45) is 0 Å². The van der Waals surface area contributed by atoms with Crippen molar-refractivity contribution in [1.29, 1.82) is 0 Å². The van der Waals surface area contributed by atoms with Crippen molar-refractivity contribution in [1.82, 2.24) is 13.9 Å². The molecule has 2 rings (SSSR count). The van der Waals surface area contributed by atoms with Gasteiger partial charge < -0.3 is 10.2 Å². The minimum absolute atomic E-state index is 0.0869. The molecule has 1 aromatic carbocycles. The molecule has 0 radical (unpaired) electrons. The van der Waals surface area contributed by atoms with Crippen LogP contribution in [-0.2, 0) is 24.8 Å². The summed E-state index contributed by atoms with van der Waals surface area (Å²) in [5.41, 5.74) is 0. The van der Waals surface area contributed by atoms with Gasteiger partial charge in [0.25, 0.3) is 0 Å². The Balaban J connectivity index is 2.03. The molecule has 1 aliphatic heterocycles. The number of aromatic hydroxyl groups is 1. The molecule has 1 aromatic rings. The lowest BCUT2D eigenvalue weighted by molar-refractivity contribution is -0.143. The van der Waals surface area contributed by atoms with Crippen LogP contribution >= 0.6 is 0 Å². The second-order valence-electron chi connectivity index (χ2n) is 5.90. The maximum atomic E-state index is 12.2. The van der Waals surface area contributed by atoms with Crippen LogP contribution in [0.3, 0.4) is 0 Å². The highest BCUT2D eigenvalue weighted by atomic mass is 32.2. The Morgan fingerprint density at radius 1 is 1.12 bits per heavy atom. The van der Waals surface area contributed by atoms with Crippen LogP contribution in [0.25, 0.3) is 0 Å². The van der Waals surface area contributed by atoms with Gasteiger partial charge in [0.05, 0.1) is 11.2 Å². The van der Waals surface area contributed by atoms with Gasteiger partial charge >= 0.3 is 5.97 Å². The first-order valence-corrected chi connectivity index (χ1v) is 11.0. The zero-order chi connectivity index (χ0) is 19.5. The van der Waals surface area contributed by atoms with Gasteiger partial charge in [-0.05, 0) is 24.3 Å². The zero-order valence-electron chi connectivity index (χ0n) is 14.1. The standard InChI is InChI=1S/C14H21N3O7S2/c1-25(21,22)17-8-6-16(7-9-17)13(14(19)20)10-15-26(23,24)12-4-2-11(18)3-5-12/h2-5,13,15,18H,6-10H2,1H3,(H,19,20)/t13-/m1/s1. The lowest BCUT2D eigenvalue weighted by Gasteiger charge is -2.36. The van der Waals surface area contributed by atoms with E-state index in [-0.39, 0.29) is 43.4 Å². The zero-order valence-corrected chi connectivity index (χ0v) is 15.7. The van der Waals surface area contributed by atoms with Crippen LogP contribution in [0.2, 0.25) is 0 Å². The molecule has 0 spiro atoms. The molecule has 0 amide bonds. The summed E-state index contributed by atoms with van der Waals surface area (Å²) in [5, 5.41) is 18.6. The predicted octanol–water partition coefficient (Wildman–Crippen LogP) is -1.30. The number of rotatable bonds is 7. The average molecular weight is 407 g/mol. The molecule has 0 saturated carbocycles. The van der Waals surface area contributed by atoms with E-state index in [0.717, 1.165) is 6.26 Å². The maximum Gasteiger partial charge on any atom is 0.322 e. The number of carboxylic acids is 1. The van der Waals surface area contributed by atoms with Gasteiger partial charge in [0.1, 0.15) is 11.8 Å². The van der Waals surface area contributed by atoms with Gasteiger partial charge in [0, 0.05) is 32.7 Å². The van der Waals surface area contributed by atoms with Crippen LogP contribution in [0, 0.1) is 0 Å². The summed E-state index contributed by atoms with van der Waals surface area (Å²) < 4.78 is 51.0. The van der Waals surface area contributed by atoms with E-state index in [4.69, 9.17) is 0 Å². The number of carboxylic acid groups (broad SMARTS) is 1. The molecule has 1 aliphatic rings. The number of aliphatic carboxylic acids is 1. The van der Waals surface area contributed by atoms with Gasteiger partial charge in [-0.1, -0.05) is 0 Å². The van der Waals surface area contributed by atoms with Crippen LogP contribution < -0.4 is 4.72 Å². The first-order valence-electron chi connectivity index (χ1n) is 7.71. The first-order chi connectivity index (χ1) is 12.0. The molecule has 1 fully saturated rings. The third-order valence-electron chi connectivity index (χ3n) is 4.08. The summed E-state index contributed by atoms with van der Waals surface area (Å²) in [6, 6.07) is 3.72. The highest BCUT2D eigenvalue weighted by Crippen LogP contribution is 2.15. The molecule has 1 heterocycles. The average Bonchev–Trinajstić information content (AvgIpc) is 2.54. The van der Waals surface area contributed by atoms with Gasteiger partial charge in [0.15, 0.2) is 0 Å². The lowest BCUT2D eigenvalue weighted by Crippen LogP contribution is -2.56. The van der Waals surface area contributed by atoms with E-state index in [0.29, 0.717) is 0 Å². The molecule has 1 atom stereocenters. The van der Waals surface area contributed by atoms with Crippen molar-refractivity contribution >= 4 is 26.0 Å². The predicted molar refractivity (Wildman–Crippen MR) is 92.7 cm³/mol. The lowest BCUT2D eigenvalue weighted by atomic mass is 10.2. The molecule has 0 aliphatic carbocycles. The van der Waals surface area contributed by atoms with E-state index < -0.39 is 32.1 Å². The number of hydrogen-bond acceptors (Lipinski definition) is 7. The minimum atomic E-state index is -3.94. The van der Waals surface area contributed by atoms with Crippen molar-refractivity contribution in [2.75, 3.05) is 39.0 Å². The summed E-state index contributed by atoms with van der Waals surface area (Å²) in [6.45, 7) is 0.300. The third-order valence-corrected chi connectivity index (χ3v) is 6.82. The summed E-state index contributed by atoms with van der Waals surface area (Å²) in [4.78, 5) is 13.0. The summed E-state index contributed by atoms with van der Waals surface area (Å²) in [6.07, 6.45) is 1.09. The monoisotopic (exact) mass is 407 g/mol. The molecular formula is C14H21N3O7S2. The Bertz CT molecular complexity index is 845. The Kier molecular flexibility index (Phi) is 6.24. The number of phenols is 1. The molecule has 0 bridgehead atoms. The highest BCUT2D eigenvalue weighted by Gasteiger charge is 2.32. The van der Waals surface area contributed by atoms with Crippen LogP contribution in [0.1, 0.15) is 0 Å². The molecule has 26 heavy (non-hydrogen) atoms. The molecular weight excluding hydrogens is 386 g/mol. The van der Waals surface area contributed by atoms with Gasteiger partial charge in [-0.2, -0.15) is 4.31 Å². The fraction of sp³-hybridized carbons (Fsp3) is 0.500. The van der Waals surface area contributed by atoms with Crippen molar-refractivity contribution < 1.29 is 31.8 Å². The Morgan fingerprint density at radius 3 is 2.12 bits per heavy atom. The SMILES string of the molecule is CS(=O)(=O)N1CCN([C@H](CNS(=O)(=O)c2ccc(O)cc2)C(=O)O)CC1. The molecule has 1 saturated heterocycles. The normalized spacial score (nSPS) is 18.5. The molecule has 0 unspecified atom stereocenters. The quantitative estimate of drug-likeness (QED) is 0.506. The van der Waals surface area contributed by atoms with Crippen LogP contribution in [0.4, 0.5) is 0 Å². The Hall–Kier alpha value is -1.73. The first kappa shape index (κ1) is 20.6. The third kappa shape index (κ3) is 5.14. The van der Waals surface area contributed by atoms with E-state index in [1.54, 1.807) is 0 Å². The summed E-state index contributed by atoms with van der Waals surface area (Å²) in [5.74, 6) is -1.29. The second-order valence-corrected chi connectivity index (χ2v) is 9.65. The maximum absolute atomic E-state index is 12.2. The summed E-state index contributed by atoms with van der Waals surface area (Å²) >= 11 is 0. The molecule has 3 N–H and O–H groups in total. The molecule has 10 nitrogen and oxygen atoms in total. The van der Waals surface area contributed by atoms with Crippen LogP contribution in [-0.4, -0.2) is 87.2 Å². The van der Waals surface area contributed by atoms with Crippen LogP contribution in [0.5, 0.6) is 5.75 Å². The topological polar surface area (TPSA) is 144 Å². The summed E-state index contributed by atoms with van der Waals surface area (Å²) in [7, 11) is -7.28. The van der Waals surface area contributed by atoms with E-state index in [1.165, 1.54) is 33.5 Å². The van der Waals surface area contributed by atoms with Crippen molar-refractivity contribution in [3.05, 3.63) is 24.3 Å². The van der Waals surface area contributed by atoms with Gasteiger partial charge in [0.2, 0.25) is 20.0 Å². The van der Waals surface area contributed by atoms with Crippen molar-refractivity contribution in [3.8, 4) is 5.75 Å². The molecule has 0 aromatic heterocycles. The number of hydrogen-bond donors (Lipinski definition) is 3. The number of nitrogens with zero attached hydrogens (tertiary/aromatic N) is 2. The molecule has 146 valence electrons.